The van der Waals surface area contributed by atoms with Gasteiger partial charge in [0.25, 0.3) is 0 Å². The number of hydrogen-bond acceptors (Lipinski definition) is 0. The van der Waals surface area contributed by atoms with Gasteiger partial charge in [0.1, 0.15) is 0 Å². The van der Waals surface area contributed by atoms with E-state index in [0.29, 0.717) is 0 Å². The van der Waals surface area contributed by atoms with Gasteiger partial charge < -0.3 is 30.1 Å². The Labute approximate surface area is 93.9 Å². The van der Waals surface area contributed by atoms with Crippen LogP contribution in [0.3, 0.4) is 0 Å². The molecule has 0 aromatic rings. The Morgan fingerprint density at radius 1 is 0.615 bits per heavy atom. The molecule has 3 heteroatoms. The third-order valence-electron chi connectivity index (χ3n) is 3.34. The molecule has 80 valence electrons. The Bertz CT molecular complexity index is 104. The second-order valence-electron chi connectivity index (χ2n) is 4.28. The van der Waals surface area contributed by atoms with E-state index < -0.39 is 0 Å². The molecule has 2 aliphatic carbocycles. The minimum Gasteiger partial charge on any atom is -1.00 e. The predicted octanol–water partition coefficient (Wildman–Crippen LogP) is -4.56. The molecular formula is C10H20Cl2N-. The molecule has 0 spiro atoms. The molecule has 0 heterocycles. The highest BCUT2D eigenvalue weighted by Gasteiger charge is 2.24. The van der Waals surface area contributed by atoms with E-state index in [1.807, 2.05) is 0 Å². The van der Waals surface area contributed by atoms with E-state index >= 15 is 0 Å². The Kier molecular flexibility index (Phi) is 7.20. The predicted molar refractivity (Wildman–Crippen MR) is 46.4 cm³/mol. The number of rotatable bonds is 2. The molecule has 2 rings (SSSR count). The molecule has 0 atom stereocenters. The smallest absolute Gasteiger partial charge is 0.0861 e. The lowest BCUT2D eigenvalue weighted by atomic mass is 10.2. The minimum absolute atomic E-state index is 0. The average Bonchev–Trinajstić information content (AvgIpc) is 2.60. The van der Waals surface area contributed by atoms with E-state index in [-0.39, 0.29) is 24.8 Å². The van der Waals surface area contributed by atoms with Gasteiger partial charge in [0.05, 0.1) is 12.1 Å². The van der Waals surface area contributed by atoms with Crippen LogP contribution >= 0.6 is 0 Å². The molecule has 0 amide bonds. The van der Waals surface area contributed by atoms with E-state index in [4.69, 9.17) is 0 Å². The highest BCUT2D eigenvalue weighted by atomic mass is 35.5. The molecule has 2 aliphatic rings. The zero-order chi connectivity index (χ0) is 7.52. The summed E-state index contributed by atoms with van der Waals surface area (Å²) in [4.78, 5) is 0. The van der Waals surface area contributed by atoms with Gasteiger partial charge in [0, 0.05) is 0 Å². The van der Waals surface area contributed by atoms with Gasteiger partial charge in [-0.15, -0.1) is 0 Å². The summed E-state index contributed by atoms with van der Waals surface area (Å²) >= 11 is 0. The molecule has 0 saturated heterocycles. The Balaban J connectivity index is 0.000000720. The largest absolute Gasteiger partial charge is 1.00 e. The van der Waals surface area contributed by atoms with Crippen molar-refractivity contribution in [2.24, 2.45) is 0 Å². The van der Waals surface area contributed by atoms with E-state index in [2.05, 4.69) is 5.32 Å². The Morgan fingerprint density at radius 2 is 0.923 bits per heavy atom. The number of hydrogen-bond donors (Lipinski definition) is 1. The first-order valence-corrected chi connectivity index (χ1v) is 5.30. The summed E-state index contributed by atoms with van der Waals surface area (Å²) in [6.45, 7) is 0. The molecule has 0 radical (unpaired) electrons. The quantitative estimate of drug-likeness (QED) is 0.487. The van der Waals surface area contributed by atoms with Crippen molar-refractivity contribution in [3.05, 3.63) is 0 Å². The van der Waals surface area contributed by atoms with Crippen LogP contribution in [0.4, 0.5) is 0 Å². The summed E-state index contributed by atoms with van der Waals surface area (Å²) in [7, 11) is 0. The van der Waals surface area contributed by atoms with Crippen LogP contribution in [-0.4, -0.2) is 12.1 Å². The van der Waals surface area contributed by atoms with Crippen LogP contribution in [0.25, 0.3) is 0 Å². The highest BCUT2D eigenvalue weighted by Crippen LogP contribution is 2.18. The second-order valence-corrected chi connectivity index (χ2v) is 4.28. The first-order chi connectivity index (χ1) is 5.45. The third kappa shape index (κ3) is 4.05. The lowest BCUT2D eigenvalue weighted by Crippen LogP contribution is -3.00. The number of quaternary nitrogens is 1. The summed E-state index contributed by atoms with van der Waals surface area (Å²) in [5.41, 5.74) is 0. The Morgan fingerprint density at radius 3 is 1.23 bits per heavy atom. The van der Waals surface area contributed by atoms with Gasteiger partial charge in [0.2, 0.25) is 0 Å². The van der Waals surface area contributed by atoms with Crippen molar-refractivity contribution in [2.75, 3.05) is 0 Å². The van der Waals surface area contributed by atoms with Gasteiger partial charge in [0.15, 0.2) is 0 Å². The number of halogens is 2. The summed E-state index contributed by atoms with van der Waals surface area (Å²) < 4.78 is 0. The zero-order valence-electron chi connectivity index (χ0n) is 8.14. The maximum absolute atomic E-state index is 2.68. The summed E-state index contributed by atoms with van der Waals surface area (Å²) in [6.07, 6.45) is 12.0. The van der Waals surface area contributed by atoms with E-state index in [0.717, 1.165) is 12.1 Å². The molecule has 0 unspecified atom stereocenters. The molecular weight excluding hydrogens is 205 g/mol. The van der Waals surface area contributed by atoms with Crippen molar-refractivity contribution in [2.45, 2.75) is 63.5 Å². The van der Waals surface area contributed by atoms with Crippen LogP contribution in [0.1, 0.15) is 51.4 Å². The molecule has 2 N–H and O–H groups in total. The first kappa shape index (κ1) is 13.5. The summed E-state index contributed by atoms with van der Waals surface area (Å²) in [6, 6.07) is 2.02. The normalized spacial score (nSPS) is 24.0. The number of nitrogens with two attached hydrogens (primary N) is 1. The van der Waals surface area contributed by atoms with Gasteiger partial charge in [-0.3, -0.25) is 0 Å². The standard InChI is InChI=1S/C10H19N.2ClH/c1-2-6-9(5-1)11-10-7-3-4-8-10;;/h9-11H,1-8H2;2*1H/p-1. The fourth-order valence-electron chi connectivity index (χ4n) is 2.68. The lowest BCUT2D eigenvalue weighted by molar-refractivity contribution is -0.719. The highest BCUT2D eigenvalue weighted by molar-refractivity contribution is 4.68. The topological polar surface area (TPSA) is 16.6 Å². The van der Waals surface area contributed by atoms with Crippen molar-refractivity contribution in [3.8, 4) is 0 Å². The van der Waals surface area contributed by atoms with Crippen molar-refractivity contribution >= 4 is 0 Å². The van der Waals surface area contributed by atoms with Crippen molar-refractivity contribution < 1.29 is 30.1 Å². The van der Waals surface area contributed by atoms with Gasteiger partial charge >= 0.3 is 0 Å². The summed E-state index contributed by atoms with van der Waals surface area (Å²) in [5, 5.41) is 2.68. The van der Waals surface area contributed by atoms with Gasteiger partial charge in [-0.05, 0) is 51.4 Å². The van der Waals surface area contributed by atoms with Gasteiger partial charge in [-0.25, -0.2) is 0 Å². The van der Waals surface area contributed by atoms with E-state index in [9.17, 15) is 0 Å². The van der Waals surface area contributed by atoms with Crippen LogP contribution in [0.2, 0.25) is 0 Å². The molecule has 0 bridgehead atoms. The lowest BCUT2D eigenvalue weighted by Gasteiger charge is -2.13. The van der Waals surface area contributed by atoms with Crippen LogP contribution in [0.15, 0.2) is 0 Å². The molecule has 0 aliphatic heterocycles. The second kappa shape index (κ2) is 6.92. The Hall–Kier alpha value is 0.540. The molecule has 0 aromatic carbocycles. The van der Waals surface area contributed by atoms with Crippen molar-refractivity contribution in [1.82, 2.24) is 0 Å². The fourth-order valence-corrected chi connectivity index (χ4v) is 2.68. The van der Waals surface area contributed by atoms with Crippen LogP contribution in [0, 0.1) is 0 Å². The SMILES string of the molecule is C1CCC([NH2+]C2CCCC2)C1.[Cl-].[Cl-]. The van der Waals surface area contributed by atoms with Crippen LogP contribution in [-0.2, 0) is 0 Å². The molecule has 0 aromatic heterocycles. The van der Waals surface area contributed by atoms with Gasteiger partial charge in [-0.1, -0.05) is 0 Å². The summed E-state index contributed by atoms with van der Waals surface area (Å²) in [5.74, 6) is 0. The van der Waals surface area contributed by atoms with Crippen molar-refractivity contribution in [1.29, 1.82) is 0 Å². The molecule has 2 saturated carbocycles. The maximum Gasteiger partial charge on any atom is 0.0861 e. The van der Waals surface area contributed by atoms with Crippen molar-refractivity contribution in [3.63, 3.8) is 0 Å². The first-order valence-electron chi connectivity index (χ1n) is 5.30. The van der Waals surface area contributed by atoms with E-state index in [1.165, 1.54) is 51.4 Å². The molecule has 13 heavy (non-hydrogen) atoms. The van der Waals surface area contributed by atoms with E-state index in [1.54, 1.807) is 0 Å². The van der Waals surface area contributed by atoms with Crippen LogP contribution < -0.4 is 30.1 Å². The third-order valence-corrected chi connectivity index (χ3v) is 3.34. The fraction of sp³-hybridized carbons (Fsp3) is 1.00. The monoisotopic (exact) mass is 224 g/mol. The minimum atomic E-state index is 0. The average molecular weight is 225 g/mol. The van der Waals surface area contributed by atoms with Gasteiger partial charge in [-0.2, -0.15) is 0 Å². The molecule has 1 nitrogen and oxygen atoms in total. The van der Waals surface area contributed by atoms with Crippen LogP contribution in [0.5, 0.6) is 0 Å². The molecule has 2 fully saturated rings. The zero-order valence-corrected chi connectivity index (χ0v) is 9.66. The maximum atomic E-state index is 2.68.